The molecule has 1 aliphatic heterocycles. The Morgan fingerprint density at radius 2 is 1.76 bits per heavy atom. The number of ether oxygens (including phenoxy) is 1. The second-order valence-corrected chi connectivity index (χ2v) is 13.5. The molecule has 0 unspecified atom stereocenters. The third-order valence-electron chi connectivity index (χ3n) is 7.26. The van der Waals surface area contributed by atoms with Crippen molar-refractivity contribution in [2.75, 3.05) is 43.5 Å². The topological polar surface area (TPSA) is 121 Å². The molecule has 0 saturated carbocycles. The van der Waals surface area contributed by atoms with Gasteiger partial charge in [0, 0.05) is 30.9 Å². The number of rotatable bonds is 11. The van der Waals surface area contributed by atoms with E-state index in [0.29, 0.717) is 29.8 Å². The highest BCUT2D eigenvalue weighted by molar-refractivity contribution is 7.99. The van der Waals surface area contributed by atoms with E-state index in [1.807, 2.05) is 32.0 Å². The third kappa shape index (κ3) is 7.77. The largest absolute Gasteiger partial charge is 0.379 e. The lowest BCUT2D eigenvalue weighted by Gasteiger charge is -2.26. The first kappa shape index (κ1) is 32.3. The van der Waals surface area contributed by atoms with E-state index in [4.69, 9.17) is 4.74 Å². The van der Waals surface area contributed by atoms with Crippen LogP contribution in [0.3, 0.4) is 0 Å². The van der Waals surface area contributed by atoms with Crippen molar-refractivity contribution in [1.82, 2.24) is 19.1 Å². The number of carbonyl (C=O) groups is 1. The van der Waals surface area contributed by atoms with Crippen LogP contribution in [-0.2, 0) is 26.1 Å². The van der Waals surface area contributed by atoms with Gasteiger partial charge in [-0.05, 0) is 66.9 Å². The Kier molecular flexibility index (Phi) is 10.3. The number of hydrogen-bond donors (Lipinski definition) is 0. The van der Waals surface area contributed by atoms with Crippen LogP contribution in [0.5, 0.6) is 0 Å². The van der Waals surface area contributed by atoms with Gasteiger partial charge in [0.15, 0.2) is 11.0 Å². The second kappa shape index (κ2) is 14.3. The van der Waals surface area contributed by atoms with Crippen molar-refractivity contribution >= 4 is 33.4 Å². The molecule has 0 radical (unpaired) electrons. The van der Waals surface area contributed by atoms with Crippen LogP contribution in [0.2, 0.25) is 0 Å². The lowest BCUT2D eigenvalue weighted by atomic mass is 10.1. The van der Waals surface area contributed by atoms with Crippen LogP contribution in [-0.4, -0.2) is 72.0 Å². The maximum atomic E-state index is 13.7. The number of halogens is 1. The lowest BCUT2D eigenvalue weighted by Crippen LogP contribution is -2.40. The monoisotopic (exact) mass is 648 g/mol. The molecule has 1 amide bonds. The van der Waals surface area contributed by atoms with Gasteiger partial charge in [-0.2, -0.15) is 9.57 Å². The van der Waals surface area contributed by atoms with Crippen LogP contribution in [0.25, 0.3) is 11.4 Å². The molecular formula is C32H33FN6O4S2. The molecule has 234 valence electrons. The number of anilines is 1. The number of benzene rings is 3. The molecule has 10 nitrogen and oxygen atoms in total. The Balaban J connectivity index is 1.46. The van der Waals surface area contributed by atoms with E-state index >= 15 is 0 Å². The molecule has 0 N–H and O–H groups in total. The number of nitriles is 1. The summed E-state index contributed by atoms with van der Waals surface area (Å²) in [7, 11) is -3.76. The van der Waals surface area contributed by atoms with E-state index in [9.17, 15) is 22.9 Å². The van der Waals surface area contributed by atoms with Crippen LogP contribution < -0.4 is 4.90 Å². The summed E-state index contributed by atoms with van der Waals surface area (Å²) >= 11 is 1.19. The van der Waals surface area contributed by atoms with Crippen molar-refractivity contribution in [3.05, 3.63) is 89.2 Å². The minimum Gasteiger partial charge on any atom is -0.379 e. The van der Waals surface area contributed by atoms with Crippen molar-refractivity contribution in [2.24, 2.45) is 0 Å². The number of amides is 1. The summed E-state index contributed by atoms with van der Waals surface area (Å²) in [5, 5.41) is 18.5. The summed E-state index contributed by atoms with van der Waals surface area (Å²) in [6.45, 7) is 5.64. The molecule has 1 saturated heterocycles. The van der Waals surface area contributed by atoms with E-state index in [1.54, 1.807) is 45.9 Å². The zero-order chi connectivity index (χ0) is 32.0. The summed E-state index contributed by atoms with van der Waals surface area (Å²) < 4.78 is 49.0. The van der Waals surface area contributed by atoms with Crippen LogP contribution in [0.15, 0.2) is 76.8 Å². The van der Waals surface area contributed by atoms with Crippen LogP contribution >= 0.6 is 11.8 Å². The zero-order valence-electron chi connectivity index (χ0n) is 25.0. The highest BCUT2D eigenvalue weighted by Gasteiger charge is 2.27. The number of thioether (sulfide) groups is 1. The Hall–Kier alpha value is -4.09. The maximum Gasteiger partial charge on any atom is 0.243 e. The summed E-state index contributed by atoms with van der Waals surface area (Å²) in [4.78, 5) is 15.3. The molecule has 0 aliphatic carbocycles. The van der Waals surface area contributed by atoms with Gasteiger partial charge in [0.1, 0.15) is 5.82 Å². The Bertz CT molecular complexity index is 1800. The van der Waals surface area contributed by atoms with Gasteiger partial charge in [-0.15, -0.1) is 10.2 Å². The van der Waals surface area contributed by atoms with Gasteiger partial charge in [-0.25, -0.2) is 12.8 Å². The number of morpholine rings is 1. The average molecular weight is 649 g/mol. The summed E-state index contributed by atoms with van der Waals surface area (Å²) in [6.07, 6.45) is 0.179. The van der Waals surface area contributed by atoms with Gasteiger partial charge in [0.25, 0.3) is 0 Å². The molecule has 4 aromatic rings. The van der Waals surface area contributed by atoms with Crippen LogP contribution in [0.1, 0.15) is 23.1 Å². The minimum atomic E-state index is -3.76. The second-order valence-electron chi connectivity index (χ2n) is 10.7. The fourth-order valence-corrected chi connectivity index (χ4v) is 7.39. The molecule has 2 heterocycles. The van der Waals surface area contributed by atoms with Crippen LogP contribution in [0.4, 0.5) is 10.1 Å². The number of sulfonamides is 1. The predicted octanol–water partition coefficient (Wildman–Crippen LogP) is 4.81. The molecule has 1 aromatic heterocycles. The molecule has 1 aliphatic rings. The minimum absolute atomic E-state index is 0.0193. The number of carbonyl (C=O) groups excluding carboxylic acids is 1. The molecule has 0 atom stereocenters. The van der Waals surface area contributed by atoms with Gasteiger partial charge in [-0.1, -0.05) is 42.1 Å². The standard InChI is InChI=1S/C32H33FN6O4S2/c1-23-17-24(2)19-28(18-23)38(12-4-11-34)30(40)22-44-32-36-35-31(39(32)21-25-7-9-27(33)10-8-25)26-5-3-6-29(20-26)45(41,42)37-13-15-43-16-14-37/h3,5-10,17-20H,4,12-16,21-22H2,1-2H3. The summed E-state index contributed by atoms with van der Waals surface area (Å²) in [5.74, 6) is -0.140. The van der Waals surface area contributed by atoms with Crippen molar-refractivity contribution in [3.8, 4) is 17.5 Å². The average Bonchev–Trinajstić information content (AvgIpc) is 3.43. The van der Waals surface area contributed by atoms with E-state index < -0.39 is 10.0 Å². The highest BCUT2D eigenvalue weighted by atomic mass is 32.2. The van der Waals surface area contributed by atoms with E-state index in [0.717, 1.165) is 22.4 Å². The van der Waals surface area contributed by atoms with Gasteiger partial charge in [-0.3, -0.25) is 9.36 Å². The summed E-state index contributed by atoms with van der Waals surface area (Å²) in [6, 6.07) is 20.5. The van der Waals surface area contributed by atoms with Crippen molar-refractivity contribution in [3.63, 3.8) is 0 Å². The maximum absolute atomic E-state index is 13.7. The van der Waals surface area contributed by atoms with Crippen molar-refractivity contribution in [2.45, 2.75) is 36.9 Å². The van der Waals surface area contributed by atoms with Crippen molar-refractivity contribution < 1.29 is 22.3 Å². The quantitative estimate of drug-likeness (QED) is 0.213. The highest BCUT2D eigenvalue weighted by Crippen LogP contribution is 2.29. The summed E-state index contributed by atoms with van der Waals surface area (Å²) in [5.41, 5.74) is 4.04. The first-order chi connectivity index (χ1) is 21.7. The number of aromatic nitrogens is 3. The van der Waals surface area contributed by atoms with Gasteiger partial charge >= 0.3 is 0 Å². The molecule has 3 aromatic carbocycles. The molecular weight excluding hydrogens is 616 g/mol. The first-order valence-corrected chi connectivity index (χ1v) is 16.8. The molecule has 5 rings (SSSR count). The molecule has 1 fully saturated rings. The van der Waals surface area contributed by atoms with Gasteiger partial charge in [0.2, 0.25) is 15.9 Å². The van der Waals surface area contributed by atoms with Crippen molar-refractivity contribution in [1.29, 1.82) is 5.26 Å². The number of hydrogen-bond acceptors (Lipinski definition) is 8. The Morgan fingerprint density at radius 1 is 1.04 bits per heavy atom. The SMILES string of the molecule is Cc1cc(C)cc(N(CCC#N)C(=O)CSc2nnc(-c3cccc(S(=O)(=O)N4CCOCC4)c3)n2Cc2ccc(F)cc2)c1. The molecule has 0 bridgehead atoms. The first-order valence-electron chi connectivity index (χ1n) is 14.4. The zero-order valence-corrected chi connectivity index (χ0v) is 26.7. The Morgan fingerprint density at radius 3 is 2.44 bits per heavy atom. The third-order valence-corrected chi connectivity index (χ3v) is 10.1. The fraction of sp³-hybridized carbons (Fsp3) is 0.312. The molecule has 0 spiro atoms. The Labute approximate surface area is 266 Å². The lowest BCUT2D eigenvalue weighted by molar-refractivity contribution is -0.116. The van der Waals surface area contributed by atoms with Gasteiger partial charge in [0.05, 0.1) is 42.9 Å². The smallest absolute Gasteiger partial charge is 0.243 e. The molecule has 13 heteroatoms. The molecule has 45 heavy (non-hydrogen) atoms. The number of nitrogens with zero attached hydrogens (tertiary/aromatic N) is 6. The fourth-order valence-electron chi connectivity index (χ4n) is 5.13. The van der Waals surface area contributed by atoms with E-state index in [-0.39, 0.29) is 55.0 Å². The van der Waals surface area contributed by atoms with E-state index in [1.165, 1.54) is 28.2 Å². The van der Waals surface area contributed by atoms with Crippen LogP contribution in [0, 0.1) is 31.0 Å². The van der Waals surface area contributed by atoms with E-state index in [2.05, 4.69) is 16.3 Å². The van der Waals surface area contributed by atoms with Gasteiger partial charge < -0.3 is 9.64 Å². The number of aryl methyl sites for hydroxylation is 2. The normalized spacial score (nSPS) is 13.8. The predicted molar refractivity (Wildman–Crippen MR) is 170 cm³/mol.